The number of nitrogens with one attached hydrogen (secondary N) is 1. The molecule has 0 aliphatic carbocycles. The van der Waals surface area contributed by atoms with Crippen LogP contribution < -0.4 is 10.1 Å². The summed E-state index contributed by atoms with van der Waals surface area (Å²) in [4.78, 5) is 25.2. The van der Waals surface area contributed by atoms with Gasteiger partial charge in [0.15, 0.2) is 6.19 Å². The molecule has 1 atom stereocenters. The van der Waals surface area contributed by atoms with Crippen molar-refractivity contribution in [2.75, 3.05) is 38.5 Å². The van der Waals surface area contributed by atoms with E-state index in [2.05, 4.69) is 33.4 Å². The third-order valence-electron chi connectivity index (χ3n) is 5.83. The Morgan fingerprint density at radius 3 is 2.91 bits per heavy atom. The smallest absolute Gasteiger partial charge is 0.230 e. The van der Waals surface area contributed by atoms with Crippen LogP contribution in [0, 0.1) is 11.5 Å². The molecule has 2 aliphatic rings. The average molecular weight is 467 g/mol. The first-order chi connectivity index (χ1) is 16.0. The number of anilines is 1. The topological polar surface area (TPSA) is 94.4 Å². The fraction of sp³-hybridized carbons (Fsp3) is 0.417. The molecule has 1 fully saturated rings. The molecular weight excluding hydrogens is 440 g/mol. The summed E-state index contributed by atoms with van der Waals surface area (Å²) in [5.41, 5.74) is 2.81. The SMILES string of the molecule is CN1CCC[C@@H](Oc2cc(NC(=O)Cc3ccc(C4=CCN(C#N)CC4)nc3)ncc2Cl)C1. The summed E-state index contributed by atoms with van der Waals surface area (Å²) in [6.07, 6.45) is 10.5. The van der Waals surface area contributed by atoms with E-state index in [9.17, 15) is 4.79 Å². The second kappa shape index (κ2) is 10.6. The van der Waals surface area contributed by atoms with Gasteiger partial charge in [0.05, 0.1) is 18.3 Å². The number of likely N-dealkylation sites (tertiary alicyclic amines) is 1. The molecule has 2 aromatic rings. The molecular formula is C24H27ClN6O2. The van der Waals surface area contributed by atoms with E-state index in [1.54, 1.807) is 17.2 Å². The molecule has 1 N–H and O–H groups in total. The molecule has 33 heavy (non-hydrogen) atoms. The minimum atomic E-state index is -0.190. The van der Waals surface area contributed by atoms with Crippen molar-refractivity contribution < 1.29 is 9.53 Å². The van der Waals surface area contributed by atoms with Gasteiger partial charge in [0.25, 0.3) is 0 Å². The van der Waals surface area contributed by atoms with E-state index in [1.165, 1.54) is 6.20 Å². The van der Waals surface area contributed by atoms with Crippen LogP contribution in [0.3, 0.4) is 0 Å². The van der Waals surface area contributed by atoms with Crippen LogP contribution in [0.5, 0.6) is 5.75 Å². The van der Waals surface area contributed by atoms with Crippen LogP contribution >= 0.6 is 11.6 Å². The molecule has 1 amide bonds. The summed E-state index contributed by atoms with van der Waals surface area (Å²) in [5, 5.41) is 12.2. The minimum absolute atomic E-state index is 0.0686. The molecule has 4 rings (SSSR count). The lowest BCUT2D eigenvalue weighted by molar-refractivity contribution is -0.115. The molecule has 2 aromatic heterocycles. The van der Waals surface area contributed by atoms with Crippen LogP contribution in [0.1, 0.15) is 30.5 Å². The van der Waals surface area contributed by atoms with E-state index < -0.39 is 0 Å². The molecule has 0 unspecified atom stereocenters. The maximum atomic E-state index is 12.6. The second-order valence-corrected chi connectivity index (χ2v) is 8.85. The minimum Gasteiger partial charge on any atom is -0.487 e. The molecule has 0 aromatic carbocycles. The number of ether oxygens (including phenoxy) is 1. The van der Waals surface area contributed by atoms with Crippen LogP contribution in [0.4, 0.5) is 5.82 Å². The predicted molar refractivity (Wildman–Crippen MR) is 127 cm³/mol. The molecule has 0 bridgehead atoms. The Morgan fingerprint density at radius 2 is 2.21 bits per heavy atom. The van der Waals surface area contributed by atoms with Crippen molar-refractivity contribution in [3.8, 4) is 11.9 Å². The maximum absolute atomic E-state index is 12.6. The second-order valence-electron chi connectivity index (χ2n) is 8.45. The van der Waals surface area contributed by atoms with E-state index in [0.717, 1.165) is 49.2 Å². The quantitative estimate of drug-likeness (QED) is 0.652. The van der Waals surface area contributed by atoms with E-state index in [0.29, 0.717) is 29.7 Å². The van der Waals surface area contributed by atoms with Gasteiger partial charge < -0.3 is 19.9 Å². The normalized spacial score (nSPS) is 18.9. The highest BCUT2D eigenvalue weighted by atomic mass is 35.5. The van der Waals surface area contributed by atoms with Crippen molar-refractivity contribution in [3.63, 3.8) is 0 Å². The number of amides is 1. The van der Waals surface area contributed by atoms with Crippen LogP contribution in [-0.2, 0) is 11.2 Å². The highest BCUT2D eigenvalue weighted by Crippen LogP contribution is 2.28. The van der Waals surface area contributed by atoms with Gasteiger partial charge in [-0.1, -0.05) is 23.7 Å². The number of carbonyl (C=O) groups is 1. The third-order valence-corrected chi connectivity index (χ3v) is 6.12. The van der Waals surface area contributed by atoms with Crippen molar-refractivity contribution in [2.24, 2.45) is 0 Å². The summed E-state index contributed by atoms with van der Waals surface area (Å²) in [6.45, 7) is 3.22. The average Bonchev–Trinajstić information content (AvgIpc) is 2.82. The largest absolute Gasteiger partial charge is 0.487 e. The maximum Gasteiger partial charge on any atom is 0.230 e. The lowest BCUT2D eigenvalue weighted by Crippen LogP contribution is -2.38. The third kappa shape index (κ3) is 6.21. The van der Waals surface area contributed by atoms with Gasteiger partial charge in [-0.05, 0) is 50.1 Å². The zero-order valence-corrected chi connectivity index (χ0v) is 19.4. The Bertz CT molecular complexity index is 1070. The summed E-state index contributed by atoms with van der Waals surface area (Å²) >= 11 is 6.27. The number of halogens is 1. The summed E-state index contributed by atoms with van der Waals surface area (Å²) < 4.78 is 6.08. The summed E-state index contributed by atoms with van der Waals surface area (Å²) in [5.74, 6) is 0.746. The zero-order valence-electron chi connectivity index (χ0n) is 18.6. The van der Waals surface area contributed by atoms with Gasteiger partial charge in [0.1, 0.15) is 22.7 Å². The molecule has 172 valence electrons. The van der Waals surface area contributed by atoms with Crippen molar-refractivity contribution in [1.82, 2.24) is 19.8 Å². The Labute approximate surface area is 198 Å². The van der Waals surface area contributed by atoms with E-state index in [1.807, 2.05) is 18.2 Å². The fourth-order valence-electron chi connectivity index (χ4n) is 4.06. The number of nitrogens with zero attached hydrogens (tertiary/aromatic N) is 5. The van der Waals surface area contributed by atoms with E-state index >= 15 is 0 Å². The first kappa shape index (κ1) is 23.0. The predicted octanol–water partition coefficient (Wildman–Crippen LogP) is 3.35. The Morgan fingerprint density at radius 1 is 1.33 bits per heavy atom. The number of pyridine rings is 2. The molecule has 0 saturated carbocycles. The Hall–Kier alpha value is -3.15. The monoisotopic (exact) mass is 466 g/mol. The van der Waals surface area contributed by atoms with Crippen LogP contribution in [0.2, 0.25) is 5.02 Å². The highest BCUT2D eigenvalue weighted by Gasteiger charge is 2.20. The molecule has 0 radical (unpaired) electrons. The standard InChI is InChI=1S/C24H27ClN6O2/c1-30-8-2-3-19(15-30)33-22-12-23(28-14-20(22)25)29-24(32)11-17-4-5-21(27-13-17)18-6-9-31(16-26)10-7-18/h4-6,12-14,19H,2-3,7-11,15H2,1H3,(H,28,29,32)/t19-/m1/s1. The van der Waals surface area contributed by atoms with Gasteiger partial charge in [-0.25, -0.2) is 4.98 Å². The number of rotatable bonds is 6. The summed E-state index contributed by atoms with van der Waals surface area (Å²) in [6, 6.07) is 5.50. The molecule has 0 spiro atoms. The Balaban J connectivity index is 1.34. The van der Waals surface area contributed by atoms with E-state index in [4.69, 9.17) is 21.6 Å². The van der Waals surface area contributed by atoms with Gasteiger partial charge in [-0.2, -0.15) is 5.26 Å². The fourth-order valence-corrected chi connectivity index (χ4v) is 4.21. The molecule has 1 saturated heterocycles. The zero-order chi connectivity index (χ0) is 23.2. The molecule has 4 heterocycles. The highest BCUT2D eigenvalue weighted by molar-refractivity contribution is 6.32. The van der Waals surface area contributed by atoms with Crippen molar-refractivity contribution in [2.45, 2.75) is 31.8 Å². The number of nitriles is 1. The number of carbonyl (C=O) groups excluding carboxylic acids is 1. The van der Waals surface area contributed by atoms with Crippen LogP contribution in [-0.4, -0.2) is 65.0 Å². The van der Waals surface area contributed by atoms with Gasteiger partial charge in [-0.3, -0.25) is 9.78 Å². The summed E-state index contributed by atoms with van der Waals surface area (Å²) in [7, 11) is 2.07. The first-order valence-electron chi connectivity index (χ1n) is 11.1. The molecule has 9 heteroatoms. The van der Waals surface area contributed by atoms with Gasteiger partial charge >= 0.3 is 0 Å². The lowest BCUT2D eigenvalue weighted by Gasteiger charge is -2.30. The number of hydrogen-bond acceptors (Lipinski definition) is 7. The van der Waals surface area contributed by atoms with Crippen molar-refractivity contribution >= 4 is 28.9 Å². The number of hydrogen-bond donors (Lipinski definition) is 1. The van der Waals surface area contributed by atoms with E-state index in [-0.39, 0.29) is 18.4 Å². The first-order valence-corrected chi connectivity index (χ1v) is 11.5. The van der Waals surface area contributed by atoms with Crippen LogP contribution in [0.15, 0.2) is 36.7 Å². The van der Waals surface area contributed by atoms with Gasteiger partial charge in [-0.15, -0.1) is 0 Å². The lowest BCUT2D eigenvalue weighted by atomic mass is 10.0. The van der Waals surface area contributed by atoms with Gasteiger partial charge in [0, 0.05) is 31.9 Å². The van der Waals surface area contributed by atoms with Gasteiger partial charge in [0.2, 0.25) is 5.91 Å². The molecule has 2 aliphatic heterocycles. The number of piperidine rings is 1. The van der Waals surface area contributed by atoms with Crippen LogP contribution in [0.25, 0.3) is 5.57 Å². The number of likely N-dealkylation sites (N-methyl/N-ethyl adjacent to an activating group) is 1. The Kier molecular flexibility index (Phi) is 7.43. The van der Waals surface area contributed by atoms with Crippen molar-refractivity contribution in [1.29, 1.82) is 5.26 Å². The van der Waals surface area contributed by atoms with Crippen molar-refractivity contribution in [3.05, 3.63) is 52.9 Å². The molecule has 8 nitrogen and oxygen atoms in total. The number of aromatic nitrogens is 2.